The highest BCUT2D eigenvalue weighted by atomic mass is 79.9. The summed E-state index contributed by atoms with van der Waals surface area (Å²) in [5.74, 6) is 2.52. The van der Waals surface area contributed by atoms with Gasteiger partial charge in [-0.2, -0.15) is 0 Å². The molecule has 0 aliphatic carbocycles. The zero-order valence-electron chi connectivity index (χ0n) is 12.3. The molecular weight excluding hydrogens is 366 g/mol. The molecule has 0 saturated carbocycles. The van der Waals surface area contributed by atoms with Gasteiger partial charge >= 0.3 is 0 Å². The highest BCUT2D eigenvalue weighted by Crippen LogP contribution is 2.25. The van der Waals surface area contributed by atoms with E-state index in [4.69, 9.17) is 16.3 Å². The first-order chi connectivity index (χ1) is 10.6. The maximum atomic E-state index is 6.05. The number of hydrogen-bond donors (Lipinski definition) is 0. The van der Waals surface area contributed by atoms with Crippen LogP contribution in [0.3, 0.4) is 0 Å². The molecule has 1 aromatic carbocycles. The van der Waals surface area contributed by atoms with E-state index in [9.17, 15) is 0 Å². The molecule has 3 rings (SSSR count). The topological polar surface area (TPSA) is 38.2 Å². The van der Waals surface area contributed by atoms with Gasteiger partial charge in [0.15, 0.2) is 0 Å². The normalized spacial score (nSPS) is 15.9. The average Bonchev–Trinajstić information content (AvgIpc) is 2.47. The van der Waals surface area contributed by atoms with Gasteiger partial charge in [0.05, 0.1) is 0 Å². The monoisotopic (exact) mass is 381 g/mol. The second-order valence-electron chi connectivity index (χ2n) is 5.36. The molecule has 0 spiro atoms. The molecule has 6 heteroatoms. The molecule has 0 N–H and O–H groups in total. The van der Waals surface area contributed by atoms with Crippen LogP contribution in [-0.2, 0) is 0 Å². The van der Waals surface area contributed by atoms with E-state index in [1.54, 1.807) is 0 Å². The first-order valence-electron chi connectivity index (χ1n) is 7.28. The van der Waals surface area contributed by atoms with Crippen molar-refractivity contribution in [3.05, 3.63) is 45.8 Å². The summed E-state index contributed by atoms with van der Waals surface area (Å²) in [6, 6.07) is 9.80. The van der Waals surface area contributed by atoms with Crippen molar-refractivity contribution in [3.63, 3.8) is 0 Å². The van der Waals surface area contributed by atoms with Crippen LogP contribution >= 0.6 is 27.5 Å². The van der Waals surface area contributed by atoms with Crippen LogP contribution in [-0.4, -0.2) is 29.2 Å². The van der Waals surface area contributed by atoms with Gasteiger partial charge in [-0.15, -0.1) is 0 Å². The first-order valence-corrected chi connectivity index (χ1v) is 8.45. The summed E-state index contributed by atoms with van der Waals surface area (Å²) >= 11 is 9.48. The van der Waals surface area contributed by atoms with E-state index in [-0.39, 0.29) is 6.10 Å². The van der Waals surface area contributed by atoms with E-state index in [0.717, 1.165) is 42.0 Å². The van der Waals surface area contributed by atoms with Gasteiger partial charge in [-0.25, -0.2) is 9.97 Å². The maximum absolute atomic E-state index is 6.05. The highest BCUT2D eigenvalue weighted by molar-refractivity contribution is 9.10. The number of piperidine rings is 1. The van der Waals surface area contributed by atoms with Crippen LogP contribution in [0.25, 0.3) is 0 Å². The van der Waals surface area contributed by atoms with Gasteiger partial charge in [0.25, 0.3) is 0 Å². The zero-order valence-corrected chi connectivity index (χ0v) is 14.6. The molecule has 0 atom stereocenters. The Bertz CT molecular complexity index is 639. The third-order valence-electron chi connectivity index (χ3n) is 3.66. The molecule has 2 aromatic rings. The Morgan fingerprint density at radius 2 is 2.00 bits per heavy atom. The van der Waals surface area contributed by atoms with Gasteiger partial charge < -0.3 is 9.64 Å². The summed E-state index contributed by atoms with van der Waals surface area (Å²) in [6.45, 7) is 3.68. The van der Waals surface area contributed by atoms with Crippen molar-refractivity contribution < 1.29 is 4.74 Å². The van der Waals surface area contributed by atoms with Gasteiger partial charge in [-0.1, -0.05) is 33.6 Å². The fourth-order valence-electron chi connectivity index (χ4n) is 2.61. The Labute approximate surface area is 143 Å². The quantitative estimate of drug-likeness (QED) is 0.744. The summed E-state index contributed by atoms with van der Waals surface area (Å²) < 4.78 is 7.09. The van der Waals surface area contributed by atoms with Crippen molar-refractivity contribution in [2.75, 3.05) is 18.0 Å². The van der Waals surface area contributed by atoms with Crippen molar-refractivity contribution in [3.8, 4) is 5.75 Å². The standard InChI is InChI=1S/C16H17BrClN3O/c1-11-19-15(18)10-16(20-11)21-7-5-13(6-8-21)22-14-4-2-3-12(17)9-14/h2-4,9-10,13H,5-8H2,1H3. The lowest BCUT2D eigenvalue weighted by atomic mass is 10.1. The largest absolute Gasteiger partial charge is 0.490 e. The van der Waals surface area contributed by atoms with E-state index in [2.05, 4.69) is 30.8 Å². The Kier molecular flexibility index (Phi) is 4.84. The lowest BCUT2D eigenvalue weighted by molar-refractivity contribution is 0.170. The van der Waals surface area contributed by atoms with E-state index in [1.807, 2.05) is 37.3 Å². The summed E-state index contributed by atoms with van der Waals surface area (Å²) in [5.41, 5.74) is 0. The minimum absolute atomic E-state index is 0.240. The van der Waals surface area contributed by atoms with Gasteiger partial charge in [0.1, 0.15) is 28.6 Å². The van der Waals surface area contributed by atoms with Crippen molar-refractivity contribution in [1.82, 2.24) is 9.97 Å². The van der Waals surface area contributed by atoms with E-state index in [0.29, 0.717) is 11.0 Å². The molecule has 1 saturated heterocycles. The minimum Gasteiger partial charge on any atom is -0.490 e. The Balaban J connectivity index is 1.60. The predicted octanol–water partition coefficient (Wildman–Crippen LogP) is 4.25. The summed E-state index contributed by atoms with van der Waals surface area (Å²) in [4.78, 5) is 10.8. The molecule has 1 aromatic heterocycles. The van der Waals surface area contributed by atoms with Crippen LogP contribution in [0.5, 0.6) is 5.75 Å². The van der Waals surface area contributed by atoms with E-state index in [1.165, 1.54) is 0 Å². The molecule has 0 radical (unpaired) electrons. The van der Waals surface area contributed by atoms with Gasteiger partial charge in [0.2, 0.25) is 0 Å². The molecule has 22 heavy (non-hydrogen) atoms. The minimum atomic E-state index is 0.240. The predicted molar refractivity (Wildman–Crippen MR) is 91.8 cm³/mol. The summed E-state index contributed by atoms with van der Waals surface area (Å²) in [7, 11) is 0. The Hall–Kier alpha value is -1.33. The van der Waals surface area contributed by atoms with Gasteiger partial charge in [-0.3, -0.25) is 0 Å². The van der Waals surface area contributed by atoms with Crippen LogP contribution in [0.15, 0.2) is 34.8 Å². The number of hydrogen-bond acceptors (Lipinski definition) is 4. The number of ether oxygens (including phenoxy) is 1. The van der Waals surface area contributed by atoms with Gasteiger partial charge in [-0.05, 0) is 25.1 Å². The van der Waals surface area contributed by atoms with Crippen LogP contribution in [0.1, 0.15) is 18.7 Å². The number of aromatic nitrogens is 2. The number of aryl methyl sites for hydroxylation is 1. The first kappa shape index (κ1) is 15.6. The van der Waals surface area contributed by atoms with Crippen LogP contribution in [0.4, 0.5) is 5.82 Å². The van der Waals surface area contributed by atoms with E-state index >= 15 is 0 Å². The molecule has 2 heterocycles. The molecule has 0 amide bonds. The molecule has 1 aliphatic rings. The SMILES string of the molecule is Cc1nc(Cl)cc(N2CCC(Oc3cccc(Br)c3)CC2)n1. The van der Waals surface area contributed by atoms with Crippen molar-refractivity contribution >= 4 is 33.3 Å². The number of halogens is 2. The molecule has 0 bridgehead atoms. The fourth-order valence-corrected chi connectivity index (χ4v) is 3.21. The second kappa shape index (κ2) is 6.84. The summed E-state index contributed by atoms with van der Waals surface area (Å²) in [6.07, 6.45) is 2.17. The summed E-state index contributed by atoms with van der Waals surface area (Å²) in [5, 5.41) is 0.495. The van der Waals surface area contributed by atoms with Crippen LogP contribution in [0, 0.1) is 6.92 Å². The second-order valence-corrected chi connectivity index (χ2v) is 6.66. The molecule has 116 valence electrons. The van der Waals surface area contributed by atoms with Crippen molar-refractivity contribution in [2.45, 2.75) is 25.9 Å². The fraction of sp³-hybridized carbons (Fsp3) is 0.375. The molecular formula is C16H17BrClN3O. The molecule has 1 aliphatic heterocycles. The van der Waals surface area contributed by atoms with Crippen LogP contribution < -0.4 is 9.64 Å². The Morgan fingerprint density at radius 3 is 2.68 bits per heavy atom. The van der Waals surface area contributed by atoms with Crippen molar-refractivity contribution in [1.29, 1.82) is 0 Å². The van der Waals surface area contributed by atoms with E-state index < -0.39 is 0 Å². The third-order valence-corrected chi connectivity index (χ3v) is 4.34. The number of rotatable bonds is 3. The van der Waals surface area contributed by atoms with Crippen LogP contribution in [0.2, 0.25) is 5.15 Å². The third kappa shape index (κ3) is 3.90. The number of nitrogens with zero attached hydrogens (tertiary/aromatic N) is 3. The average molecular weight is 383 g/mol. The molecule has 1 fully saturated rings. The lowest BCUT2D eigenvalue weighted by Gasteiger charge is -2.33. The highest BCUT2D eigenvalue weighted by Gasteiger charge is 2.22. The molecule has 4 nitrogen and oxygen atoms in total. The Morgan fingerprint density at radius 1 is 1.23 bits per heavy atom. The number of benzene rings is 1. The lowest BCUT2D eigenvalue weighted by Crippen LogP contribution is -2.38. The number of anilines is 1. The smallest absolute Gasteiger partial charge is 0.134 e. The van der Waals surface area contributed by atoms with Crippen molar-refractivity contribution in [2.24, 2.45) is 0 Å². The maximum Gasteiger partial charge on any atom is 0.134 e. The van der Waals surface area contributed by atoms with Gasteiger partial charge in [0, 0.05) is 36.5 Å². The zero-order chi connectivity index (χ0) is 15.5. The molecule has 0 unspecified atom stereocenters.